The fourth-order valence-electron chi connectivity index (χ4n) is 4.48. The normalized spacial score (nSPS) is 28.6. The third kappa shape index (κ3) is 5.77. The lowest BCUT2D eigenvalue weighted by molar-refractivity contribution is 0.0154. The molecule has 2 N–H and O–H groups in total. The first-order valence-corrected chi connectivity index (χ1v) is 10.4. The van der Waals surface area contributed by atoms with Crippen LogP contribution in [-0.4, -0.2) is 97.1 Å². The number of likely N-dealkylation sites (tertiary alicyclic amines) is 1. The van der Waals surface area contributed by atoms with Gasteiger partial charge >= 0.3 is 0 Å². The van der Waals surface area contributed by atoms with Crippen LogP contribution in [0.25, 0.3) is 0 Å². The summed E-state index contributed by atoms with van der Waals surface area (Å²) < 4.78 is 0. The predicted octanol–water partition coefficient (Wildman–Crippen LogP) is 0.829. The van der Waals surface area contributed by atoms with Crippen molar-refractivity contribution in [2.45, 2.75) is 31.5 Å². The van der Waals surface area contributed by atoms with E-state index in [0.717, 1.165) is 50.7 Å². The predicted molar refractivity (Wildman–Crippen MR) is 124 cm³/mol. The number of halogens is 1. The Balaban J connectivity index is 0.00000225. The molecule has 1 aromatic rings. The van der Waals surface area contributed by atoms with Gasteiger partial charge in [-0.05, 0) is 25.0 Å². The molecule has 0 amide bonds. The molecule has 5 rings (SSSR count). The summed E-state index contributed by atoms with van der Waals surface area (Å²) in [5, 5.41) is 7.21. The summed E-state index contributed by atoms with van der Waals surface area (Å²) in [6, 6.07) is 7.28. The van der Waals surface area contributed by atoms with Crippen LogP contribution in [0.2, 0.25) is 0 Å². The third-order valence-corrected chi connectivity index (χ3v) is 6.16. The number of guanidine groups is 1. The Bertz CT molecular complexity index is 610. The lowest BCUT2D eigenvalue weighted by atomic mass is 10.0. The maximum absolute atomic E-state index is 4.45. The molecule has 1 unspecified atom stereocenters. The summed E-state index contributed by atoms with van der Waals surface area (Å²) in [5.41, 5.74) is 1.16. The van der Waals surface area contributed by atoms with Crippen LogP contribution in [0.5, 0.6) is 0 Å². The van der Waals surface area contributed by atoms with Gasteiger partial charge in [-0.2, -0.15) is 0 Å². The summed E-state index contributed by atoms with van der Waals surface area (Å²) >= 11 is 0. The van der Waals surface area contributed by atoms with Crippen LogP contribution in [0.4, 0.5) is 0 Å². The van der Waals surface area contributed by atoms with Crippen LogP contribution >= 0.6 is 24.0 Å². The number of nitrogens with one attached hydrogen (secondary N) is 2. The number of rotatable bonds is 5. The van der Waals surface area contributed by atoms with Gasteiger partial charge in [0.25, 0.3) is 0 Å². The van der Waals surface area contributed by atoms with E-state index in [-0.39, 0.29) is 24.0 Å². The smallest absolute Gasteiger partial charge is 0.191 e. The largest absolute Gasteiger partial charge is 0.355 e. The SMILES string of the molecule is CN=C(NCC1CN2CCN1CC2)NC1CCN(Cc2ccccn2)CC1.I. The molecule has 0 saturated carbocycles. The molecule has 0 spiro atoms. The van der Waals surface area contributed by atoms with Crippen LogP contribution in [0.3, 0.4) is 0 Å². The quantitative estimate of drug-likeness (QED) is 0.356. The highest BCUT2D eigenvalue weighted by molar-refractivity contribution is 14.0. The van der Waals surface area contributed by atoms with Crippen molar-refractivity contribution in [1.82, 2.24) is 30.3 Å². The summed E-state index contributed by atoms with van der Waals surface area (Å²) in [4.78, 5) is 16.6. The van der Waals surface area contributed by atoms with Crippen LogP contribution in [0.15, 0.2) is 29.4 Å². The van der Waals surface area contributed by atoms with Gasteiger partial charge in [-0.25, -0.2) is 0 Å². The zero-order valence-electron chi connectivity index (χ0n) is 16.9. The Morgan fingerprint density at radius 2 is 1.93 bits per heavy atom. The number of aromatic nitrogens is 1. The molecule has 4 saturated heterocycles. The number of piperidine rings is 1. The number of hydrogen-bond acceptors (Lipinski definition) is 5. The maximum Gasteiger partial charge on any atom is 0.191 e. The summed E-state index contributed by atoms with van der Waals surface area (Å²) in [6.07, 6.45) is 4.18. The second-order valence-electron chi connectivity index (χ2n) is 7.96. The molecule has 1 aromatic heterocycles. The topological polar surface area (TPSA) is 59.0 Å². The molecule has 4 aliphatic heterocycles. The van der Waals surface area contributed by atoms with Crippen LogP contribution in [-0.2, 0) is 6.54 Å². The minimum Gasteiger partial charge on any atom is -0.355 e. The van der Waals surface area contributed by atoms with E-state index in [2.05, 4.69) is 47.4 Å². The van der Waals surface area contributed by atoms with E-state index in [1.807, 2.05) is 19.3 Å². The number of nitrogens with zero attached hydrogens (tertiary/aromatic N) is 5. The van der Waals surface area contributed by atoms with Crippen LogP contribution in [0.1, 0.15) is 18.5 Å². The number of aliphatic imine (C=N–C) groups is 1. The van der Waals surface area contributed by atoms with Crippen molar-refractivity contribution in [2.24, 2.45) is 4.99 Å². The second-order valence-corrected chi connectivity index (χ2v) is 7.96. The van der Waals surface area contributed by atoms with E-state index in [1.54, 1.807) is 0 Å². The van der Waals surface area contributed by atoms with Crippen molar-refractivity contribution in [2.75, 3.05) is 59.4 Å². The van der Waals surface area contributed by atoms with Gasteiger partial charge in [-0.3, -0.25) is 24.7 Å². The highest BCUT2D eigenvalue weighted by Gasteiger charge is 2.31. The van der Waals surface area contributed by atoms with Crippen molar-refractivity contribution in [3.8, 4) is 0 Å². The van der Waals surface area contributed by atoms with Crippen molar-refractivity contribution in [3.05, 3.63) is 30.1 Å². The monoisotopic (exact) mass is 499 g/mol. The Morgan fingerprint density at radius 3 is 2.54 bits per heavy atom. The van der Waals surface area contributed by atoms with Gasteiger partial charge in [0.1, 0.15) is 0 Å². The standard InChI is InChI=1S/C20H33N7.HI/c1-21-20(23-14-19-16-26-10-12-27(19)13-11-26)24-17-5-8-25(9-6-17)15-18-4-2-3-7-22-18;/h2-4,7,17,19H,5-6,8-16H2,1H3,(H2,21,23,24);1H. The third-order valence-electron chi connectivity index (χ3n) is 6.16. The molecule has 8 heteroatoms. The maximum atomic E-state index is 4.45. The van der Waals surface area contributed by atoms with Gasteiger partial charge in [0.2, 0.25) is 0 Å². The molecule has 28 heavy (non-hydrogen) atoms. The molecule has 2 bridgehead atoms. The van der Waals surface area contributed by atoms with E-state index in [1.165, 1.54) is 32.7 Å². The van der Waals surface area contributed by atoms with Gasteiger partial charge < -0.3 is 10.6 Å². The molecule has 4 aliphatic rings. The fourth-order valence-corrected chi connectivity index (χ4v) is 4.48. The zero-order chi connectivity index (χ0) is 18.5. The molecule has 5 heterocycles. The molecular weight excluding hydrogens is 465 g/mol. The van der Waals surface area contributed by atoms with E-state index >= 15 is 0 Å². The van der Waals surface area contributed by atoms with Gasteiger partial charge in [0, 0.05) is 84.2 Å². The van der Waals surface area contributed by atoms with Gasteiger partial charge in [-0.1, -0.05) is 6.07 Å². The first kappa shape index (κ1) is 21.7. The Morgan fingerprint density at radius 1 is 1.14 bits per heavy atom. The fraction of sp³-hybridized carbons (Fsp3) is 0.700. The molecule has 0 radical (unpaired) electrons. The minimum atomic E-state index is 0. The molecule has 7 nitrogen and oxygen atoms in total. The minimum absolute atomic E-state index is 0. The molecule has 0 aromatic carbocycles. The van der Waals surface area contributed by atoms with E-state index in [9.17, 15) is 0 Å². The highest BCUT2D eigenvalue weighted by Crippen LogP contribution is 2.15. The summed E-state index contributed by atoms with van der Waals surface area (Å²) in [6.45, 7) is 10.2. The van der Waals surface area contributed by atoms with E-state index < -0.39 is 0 Å². The van der Waals surface area contributed by atoms with Crippen LogP contribution in [0, 0.1) is 0 Å². The summed E-state index contributed by atoms with van der Waals surface area (Å²) in [5.74, 6) is 0.954. The van der Waals surface area contributed by atoms with Crippen LogP contribution < -0.4 is 10.6 Å². The van der Waals surface area contributed by atoms with Crippen molar-refractivity contribution in [3.63, 3.8) is 0 Å². The van der Waals surface area contributed by atoms with Gasteiger partial charge in [0.05, 0.1) is 5.69 Å². The first-order chi connectivity index (χ1) is 13.3. The molecule has 0 aliphatic carbocycles. The highest BCUT2D eigenvalue weighted by atomic mass is 127. The molecule has 4 fully saturated rings. The Kier molecular flexibility index (Phi) is 8.31. The molecule has 1 atom stereocenters. The van der Waals surface area contributed by atoms with Crippen molar-refractivity contribution < 1.29 is 0 Å². The first-order valence-electron chi connectivity index (χ1n) is 10.4. The van der Waals surface area contributed by atoms with Gasteiger partial charge in [0.15, 0.2) is 5.96 Å². The van der Waals surface area contributed by atoms with E-state index in [4.69, 9.17) is 0 Å². The zero-order valence-corrected chi connectivity index (χ0v) is 19.2. The van der Waals surface area contributed by atoms with Crippen molar-refractivity contribution >= 4 is 29.9 Å². The average Bonchev–Trinajstić information content (AvgIpc) is 2.74. The second kappa shape index (κ2) is 10.7. The molecular formula is C20H34IN7. The number of hydrogen-bond donors (Lipinski definition) is 2. The van der Waals surface area contributed by atoms with E-state index in [0.29, 0.717) is 12.1 Å². The lowest BCUT2D eigenvalue weighted by Gasteiger charge is -2.47. The average molecular weight is 499 g/mol. The lowest BCUT2D eigenvalue weighted by Crippen LogP contribution is -2.64. The van der Waals surface area contributed by atoms with Crippen molar-refractivity contribution in [1.29, 1.82) is 0 Å². The Hall–Kier alpha value is -0.970. The van der Waals surface area contributed by atoms with Gasteiger partial charge in [-0.15, -0.1) is 24.0 Å². The Labute approximate surface area is 186 Å². The summed E-state index contributed by atoms with van der Waals surface area (Å²) in [7, 11) is 1.88. The molecule has 156 valence electrons. The number of fused-ring (bicyclic) bond motifs is 3. The number of pyridine rings is 1. The number of piperazine rings is 3.